The second kappa shape index (κ2) is 8.11. The van der Waals surface area contributed by atoms with E-state index in [0.717, 1.165) is 61.8 Å². The summed E-state index contributed by atoms with van der Waals surface area (Å²) in [5.41, 5.74) is 1.15. The van der Waals surface area contributed by atoms with Crippen LogP contribution in [0.1, 0.15) is 18.4 Å². The normalized spacial score (nSPS) is 27.9. The maximum absolute atomic E-state index is 5.64. The zero-order valence-corrected chi connectivity index (χ0v) is 16.8. The zero-order valence-electron chi connectivity index (χ0n) is 16.8. The summed E-state index contributed by atoms with van der Waals surface area (Å²) in [4.78, 5) is 5.18. The molecule has 148 valence electrons. The van der Waals surface area contributed by atoms with Crippen molar-refractivity contribution < 1.29 is 14.2 Å². The van der Waals surface area contributed by atoms with Crippen molar-refractivity contribution in [2.45, 2.75) is 19.4 Å². The molecule has 0 radical (unpaired) electrons. The number of piperazine rings is 1. The summed E-state index contributed by atoms with van der Waals surface area (Å²) >= 11 is 0. The molecule has 0 unspecified atom stereocenters. The van der Waals surface area contributed by atoms with Crippen LogP contribution < -0.4 is 14.2 Å². The van der Waals surface area contributed by atoms with Crippen molar-refractivity contribution in [1.29, 1.82) is 0 Å². The fourth-order valence-electron chi connectivity index (χ4n) is 5.09. The molecule has 2 aliphatic carbocycles. The molecule has 0 amide bonds. The highest BCUT2D eigenvalue weighted by atomic mass is 16.5. The van der Waals surface area contributed by atoms with Gasteiger partial charge in [0.15, 0.2) is 11.5 Å². The zero-order chi connectivity index (χ0) is 18.8. The molecule has 5 nitrogen and oxygen atoms in total. The lowest BCUT2D eigenvalue weighted by atomic mass is 9.93. The van der Waals surface area contributed by atoms with Crippen LogP contribution in [0.5, 0.6) is 17.2 Å². The minimum Gasteiger partial charge on any atom is -0.493 e. The summed E-state index contributed by atoms with van der Waals surface area (Å²) < 4.78 is 16.6. The molecule has 1 aliphatic heterocycles. The number of ether oxygens (including phenoxy) is 3. The van der Waals surface area contributed by atoms with Crippen molar-refractivity contribution in [2.24, 2.45) is 17.8 Å². The van der Waals surface area contributed by atoms with Gasteiger partial charge in [0.1, 0.15) is 0 Å². The molecule has 0 N–H and O–H groups in total. The van der Waals surface area contributed by atoms with Crippen LogP contribution in [0.3, 0.4) is 0 Å². The Bertz CT molecular complexity index is 682. The van der Waals surface area contributed by atoms with Gasteiger partial charge in [-0.15, -0.1) is 0 Å². The molecule has 27 heavy (non-hydrogen) atoms. The van der Waals surface area contributed by atoms with E-state index >= 15 is 0 Å². The third-order valence-electron chi connectivity index (χ3n) is 6.55. The first-order valence-corrected chi connectivity index (χ1v) is 10.1. The van der Waals surface area contributed by atoms with Gasteiger partial charge in [0.25, 0.3) is 0 Å². The second-order valence-electron chi connectivity index (χ2n) is 8.11. The van der Waals surface area contributed by atoms with Gasteiger partial charge >= 0.3 is 0 Å². The molecule has 2 bridgehead atoms. The summed E-state index contributed by atoms with van der Waals surface area (Å²) in [5, 5.41) is 0. The Balaban J connectivity index is 1.33. The van der Waals surface area contributed by atoms with Gasteiger partial charge in [0.05, 0.1) is 21.3 Å². The quantitative estimate of drug-likeness (QED) is 0.687. The molecule has 2 fully saturated rings. The highest BCUT2D eigenvalue weighted by Gasteiger charge is 2.36. The van der Waals surface area contributed by atoms with Gasteiger partial charge in [-0.25, -0.2) is 0 Å². The molecular weight excluding hydrogens is 340 g/mol. The Morgan fingerprint density at radius 1 is 0.852 bits per heavy atom. The van der Waals surface area contributed by atoms with Crippen molar-refractivity contribution in [3.8, 4) is 17.2 Å². The number of methoxy groups -OCH3 is 3. The number of allylic oxidation sites excluding steroid dienone is 2. The maximum atomic E-state index is 5.64. The molecular formula is C22H32N2O3. The van der Waals surface area contributed by atoms with E-state index in [1.54, 1.807) is 21.3 Å². The molecule has 3 atom stereocenters. The number of benzene rings is 1. The van der Waals surface area contributed by atoms with Crippen LogP contribution in [0.15, 0.2) is 24.3 Å². The van der Waals surface area contributed by atoms with Crippen LogP contribution in [-0.4, -0.2) is 63.9 Å². The predicted molar refractivity (Wildman–Crippen MR) is 107 cm³/mol. The first-order valence-electron chi connectivity index (χ1n) is 10.1. The topological polar surface area (TPSA) is 34.2 Å². The summed E-state index contributed by atoms with van der Waals surface area (Å²) in [5.74, 6) is 4.79. The van der Waals surface area contributed by atoms with E-state index in [1.807, 2.05) is 6.07 Å². The lowest BCUT2D eigenvalue weighted by Crippen LogP contribution is -2.47. The fraction of sp³-hybridized carbons (Fsp3) is 0.636. The van der Waals surface area contributed by atoms with E-state index in [1.165, 1.54) is 19.4 Å². The third-order valence-corrected chi connectivity index (χ3v) is 6.55. The van der Waals surface area contributed by atoms with E-state index in [2.05, 4.69) is 28.0 Å². The molecule has 5 heteroatoms. The van der Waals surface area contributed by atoms with Gasteiger partial charge in [-0.05, 0) is 36.7 Å². The van der Waals surface area contributed by atoms with Crippen LogP contribution in [0.25, 0.3) is 0 Å². The summed E-state index contributed by atoms with van der Waals surface area (Å²) in [6, 6.07) is 4.06. The minimum atomic E-state index is 0.681. The molecule has 4 rings (SSSR count). The average Bonchev–Trinajstić information content (AvgIpc) is 3.32. The van der Waals surface area contributed by atoms with Crippen LogP contribution in [0, 0.1) is 17.8 Å². The number of hydrogen-bond acceptors (Lipinski definition) is 5. The molecule has 3 aliphatic rings. The largest absolute Gasteiger partial charge is 0.493 e. The van der Waals surface area contributed by atoms with Crippen LogP contribution in [-0.2, 0) is 6.54 Å². The van der Waals surface area contributed by atoms with Crippen molar-refractivity contribution in [2.75, 3.05) is 54.1 Å². The summed E-state index contributed by atoms with van der Waals surface area (Å²) in [7, 11) is 5.01. The van der Waals surface area contributed by atoms with Gasteiger partial charge in [0, 0.05) is 44.8 Å². The standard InChI is InChI=1S/C22H32N2O3/c1-25-20-7-6-18(21(26-2)22(20)27-3)14-23-8-10-24(11-9-23)15-19-13-16-4-5-17(19)12-16/h4-7,16-17,19H,8-15H2,1-3H3/t16-,17-,19-/m0/s1. The van der Waals surface area contributed by atoms with Crippen molar-refractivity contribution in [3.63, 3.8) is 0 Å². The minimum absolute atomic E-state index is 0.681. The Hall–Kier alpha value is -1.72. The molecule has 1 aromatic rings. The van der Waals surface area contributed by atoms with Crippen LogP contribution >= 0.6 is 0 Å². The lowest BCUT2D eigenvalue weighted by molar-refractivity contribution is 0.108. The Kier molecular flexibility index (Phi) is 5.60. The van der Waals surface area contributed by atoms with E-state index in [0.29, 0.717) is 11.5 Å². The smallest absolute Gasteiger partial charge is 0.203 e. The second-order valence-corrected chi connectivity index (χ2v) is 8.11. The Morgan fingerprint density at radius 3 is 2.19 bits per heavy atom. The first-order chi connectivity index (χ1) is 13.2. The maximum Gasteiger partial charge on any atom is 0.203 e. The van der Waals surface area contributed by atoms with Gasteiger partial charge in [-0.2, -0.15) is 0 Å². The third kappa shape index (κ3) is 3.81. The van der Waals surface area contributed by atoms with Crippen LogP contribution in [0.4, 0.5) is 0 Å². The molecule has 1 saturated carbocycles. The van der Waals surface area contributed by atoms with Crippen LogP contribution in [0.2, 0.25) is 0 Å². The van der Waals surface area contributed by atoms with Gasteiger partial charge in [-0.3, -0.25) is 4.90 Å². The SMILES string of the molecule is COc1ccc(CN2CCN(C[C@@H]3C[C@H]4C=C[C@H]3C4)CC2)c(OC)c1OC. The molecule has 1 heterocycles. The molecule has 0 spiro atoms. The highest BCUT2D eigenvalue weighted by molar-refractivity contribution is 5.55. The fourth-order valence-corrected chi connectivity index (χ4v) is 5.09. The van der Waals surface area contributed by atoms with Gasteiger partial charge in [0.2, 0.25) is 5.75 Å². The van der Waals surface area contributed by atoms with E-state index in [4.69, 9.17) is 14.2 Å². The predicted octanol–water partition coefficient (Wildman–Crippen LogP) is 3.04. The monoisotopic (exact) mass is 372 g/mol. The van der Waals surface area contributed by atoms with Gasteiger partial charge in [-0.1, -0.05) is 18.2 Å². The highest BCUT2D eigenvalue weighted by Crippen LogP contribution is 2.44. The summed E-state index contributed by atoms with van der Waals surface area (Å²) in [6.45, 7) is 6.69. The van der Waals surface area contributed by atoms with Gasteiger partial charge < -0.3 is 19.1 Å². The summed E-state index contributed by atoms with van der Waals surface area (Å²) in [6.07, 6.45) is 7.72. The number of fused-ring (bicyclic) bond motifs is 2. The number of nitrogens with zero attached hydrogens (tertiary/aromatic N) is 2. The first kappa shape index (κ1) is 18.6. The van der Waals surface area contributed by atoms with Crippen molar-refractivity contribution in [1.82, 2.24) is 9.80 Å². The number of hydrogen-bond donors (Lipinski definition) is 0. The van der Waals surface area contributed by atoms with E-state index in [-0.39, 0.29) is 0 Å². The Morgan fingerprint density at radius 2 is 1.59 bits per heavy atom. The van der Waals surface area contributed by atoms with E-state index < -0.39 is 0 Å². The Labute approximate surface area is 162 Å². The van der Waals surface area contributed by atoms with Crippen molar-refractivity contribution >= 4 is 0 Å². The molecule has 1 saturated heterocycles. The average molecular weight is 373 g/mol. The molecule has 1 aromatic carbocycles. The number of rotatable bonds is 7. The lowest BCUT2D eigenvalue weighted by Gasteiger charge is -2.37. The molecule has 0 aromatic heterocycles. The van der Waals surface area contributed by atoms with E-state index in [9.17, 15) is 0 Å². The van der Waals surface area contributed by atoms with Crippen molar-refractivity contribution in [3.05, 3.63) is 29.8 Å².